The summed E-state index contributed by atoms with van der Waals surface area (Å²) in [6.07, 6.45) is -1.58. The fourth-order valence-corrected chi connectivity index (χ4v) is 0.458. The first-order chi connectivity index (χ1) is 4.19. The van der Waals surface area contributed by atoms with Crippen molar-refractivity contribution in [3.63, 3.8) is 0 Å². The van der Waals surface area contributed by atoms with E-state index in [2.05, 4.69) is 0 Å². The highest BCUT2D eigenvalue weighted by Gasteiger charge is 2.38. The standard InChI is InChI=1S/C4H11NO4S/c1-4(2,3(5)6)10(7,8)9/h3,6H,5H2,1-2H3,(H,7,8,9). The summed E-state index contributed by atoms with van der Waals surface area (Å²) in [5, 5.41) is 8.65. The Hall–Kier alpha value is -0.170. The molecule has 0 saturated carbocycles. The van der Waals surface area contributed by atoms with Crippen molar-refractivity contribution in [3.05, 3.63) is 0 Å². The fourth-order valence-electron chi connectivity index (χ4n) is 0.153. The highest BCUT2D eigenvalue weighted by molar-refractivity contribution is 7.87. The van der Waals surface area contributed by atoms with E-state index in [1.54, 1.807) is 0 Å². The van der Waals surface area contributed by atoms with Gasteiger partial charge < -0.3 is 10.8 Å². The van der Waals surface area contributed by atoms with Crippen molar-refractivity contribution in [1.29, 1.82) is 0 Å². The second-order valence-electron chi connectivity index (χ2n) is 2.52. The number of rotatable bonds is 2. The first-order valence-corrected chi connectivity index (χ1v) is 4.04. The monoisotopic (exact) mass is 169 g/mol. The van der Waals surface area contributed by atoms with Gasteiger partial charge in [0.05, 0.1) is 0 Å². The molecule has 6 heteroatoms. The molecule has 0 aliphatic rings. The van der Waals surface area contributed by atoms with Crippen LogP contribution in [-0.4, -0.2) is 29.1 Å². The summed E-state index contributed by atoms with van der Waals surface area (Å²) in [7, 11) is -4.28. The molecule has 0 amide bonds. The fraction of sp³-hybridized carbons (Fsp3) is 1.00. The maximum atomic E-state index is 10.4. The summed E-state index contributed by atoms with van der Waals surface area (Å²) in [6.45, 7) is 2.26. The zero-order chi connectivity index (χ0) is 8.58. The van der Waals surface area contributed by atoms with Gasteiger partial charge in [-0.15, -0.1) is 0 Å². The van der Waals surface area contributed by atoms with Gasteiger partial charge in [0.15, 0.2) is 0 Å². The second kappa shape index (κ2) is 2.46. The zero-order valence-electron chi connectivity index (χ0n) is 5.77. The van der Waals surface area contributed by atoms with Gasteiger partial charge in [0.1, 0.15) is 11.0 Å². The summed E-state index contributed by atoms with van der Waals surface area (Å²) >= 11 is 0. The minimum absolute atomic E-state index is 1.13. The van der Waals surface area contributed by atoms with Crippen LogP contribution in [-0.2, 0) is 10.1 Å². The number of aliphatic hydroxyl groups is 1. The van der Waals surface area contributed by atoms with Crippen molar-refractivity contribution in [2.45, 2.75) is 24.8 Å². The average molecular weight is 169 g/mol. The largest absolute Gasteiger partial charge is 0.377 e. The molecule has 0 spiro atoms. The number of hydrogen-bond acceptors (Lipinski definition) is 4. The topological polar surface area (TPSA) is 101 Å². The summed E-state index contributed by atoms with van der Waals surface area (Å²) in [5.41, 5.74) is 4.87. The van der Waals surface area contributed by atoms with Gasteiger partial charge >= 0.3 is 0 Å². The summed E-state index contributed by atoms with van der Waals surface area (Å²) in [6, 6.07) is 0. The van der Waals surface area contributed by atoms with E-state index in [1.165, 1.54) is 0 Å². The Kier molecular flexibility index (Phi) is 2.42. The van der Waals surface area contributed by atoms with Crippen LogP contribution in [0.3, 0.4) is 0 Å². The Balaban J connectivity index is 4.76. The van der Waals surface area contributed by atoms with Crippen molar-refractivity contribution in [3.8, 4) is 0 Å². The van der Waals surface area contributed by atoms with Crippen molar-refractivity contribution in [2.24, 2.45) is 5.73 Å². The molecule has 0 rings (SSSR count). The zero-order valence-corrected chi connectivity index (χ0v) is 6.59. The quantitative estimate of drug-likeness (QED) is 0.361. The second-order valence-corrected chi connectivity index (χ2v) is 4.53. The van der Waals surface area contributed by atoms with E-state index in [-0.39, 0.29) is 0 Å². The van der Waals surface area contributed by atoms with Crippen molar-refractivity contribution >= 4 is 10.1 Å². The van der Waals surface area contributed by atoms with Crippen LogP contribution in [0.1, 0.15) is 13.8 Å². The van der Waals surface area contributed by atoms with Crippen LogP contribution in [0, 0.1) is 0 Å². The lowest BCUT2D eigenvalue weighted by molar-refractivity contribution is 0.139. The van der Waals surface area contributed by atoms with Crippen molar-refractivity contribution in [2.75, 3.05) is 0 Å². The Morgan fingerprint density at radius 3 is 1.80 bits per heavy atom. The van der Waals surface area contributed by atoms with Gasteiger partial charge in [0.2, 0.25) is 0 Å². The Morgan fingerprint density at radius 1 is 1.50 bits per heavy atom. The average Bonchev–Trinajstić information content (AvgIpc) is 1.62. The first kappa shape index (κ1) is 9.83. The Labute approximate surface area is 59.6 Å². The van der Waals surface area contributed by atoms with E-state index in [4.69, 9.17) is 15.4 Å². The van der Waals surface area contributed by atoms with Crippen LogP contribution in [0.4, 0.5) is 0 Å². The maximum Gasteiger partial charge on any atom is 0.274 e. The molecule has 5 nitrogen and oxygen atoms in total. The van der Waals surface area contributed by atoms with Crippen LogP contribution in [0.15, 0.2) is 0 Å². The molecule has 62 valence electrons. The molecule has 1 unspecified atom stereocenters. The maximum absolute atomic E-state index is 10.4. The molecular weight excluding hydrogens is 158 g/mol. The van der Waals surface area contributed by atoms with Crippen LogP contribution >= 0.6 is 0 Å². The molecule has 0 radical (unpaired) electrons. The Bertz CT molecular complexity index is 205. The van der Waals surface area contributed by atoms with E-state index in [0.29, 0.717) is 0 Å². The SMILES string of the molecule is CC(C)(C(N)O)S(=O)(=O)O. The van der Waals surface area contributed by atoms with Gasteiger partial charge in [-0.25, -0.2) is 0 Å². The molecule has 0 aromatic heterocycles. The molecule has 1 atom stereocenters. The lowest BCUT2D eigenvalue weighted by Gasteiger charge is -2.23. The van der Waals surface area contributed by atoms with E-state index >= 15 is 0 Å². The lowest BCUT2D eigenvalue weighted by Crippen LogP contribution is -2.48. The molecule has 0 saturated heterocycles. The number of aliphatic hydroxyl groups excluding tert-OH is 1. The minimum atomic E-state index is -4.28. The van der Waals surface area contributed by atoms with Gasteiger partial charge in [-0.3, -0.25) is 4.55 Å². The highest BCUT2D eigenvalue weighted by Crippen LogP contribution is 2.15. The lowest BCUT2D eigenvalue weighted by atomic mass is 10.2. The summed E-state index contributed by atoms with van der Waals surface area (Å²) in [4.78, 5) is 0. The predicted molar refractivity (Wildman–Crippen MR) is 35.8 cm³/mol. The molecule has 0 aromatic rings. The number of hydrogen-bond donors (Lipinski definition) is 3. The van der Waals surface area contributed by atoms with E-state index in [1.807, 2.05) is 0 Å². The Morgan fingerprint density at radius 2 is 1.80 bits per heavy atom. The van der Waals surface area contributed by atoms with Gasteiger partial charge in [-0.2, -0.15) is 8.42 Å². The molecule has 0 heterocycles. The number of nitrogens with two attached hydrogens (primary N) is 1. The third kappa shape index (κ3) is 1.66. The molecule has 0 fully saturated rings. The molecule has 0 aliphatic heterocycles. The van der Waals surface area contributed by atoms with Gasteiger partial charge in [-0.1, -0.05) is 0 Å². The normalized spacial score (nSPS) is 16.9. The van der Waals surface area contributed by atoms with Crippen molar-refractivity contribution < 1.29 is 18.1 Å². The van der Waals surface area contributed by atoms with Crippen LogP contribution in [0.5, 0.6) is 0 Å². The van der Waals surface area contributed by atoms with E-state index in [0.717, 1.165) is 13.8 Å². The van der Waals surface area contributed by atoms with E-state index in [9.17, 15) is 8.42 Å². The van der Waals surface area contributed by atoms with Crippen molar-refractivity contribution in [1.82, 2.24) is 0 Å². The third-order valence-corrected chi connectivity index (χ3v) is 2.95. The van der Waals surface area contributed by atoms with Gasteiger partial charge in [0.25, 0.3) is 10.1 Å². The predicted octanol–water partition coefficient (Wildman–Crippen LogP) is -1.07. The van der Waals surface area contributed by atoms with E-state index < -0.39 is 21.1 Å². The molecular formula is C4H11NO4S. The summed E-state index contributed by atoms with van der Waals surface area (Å²) in [5.74, 6) is 0. The first-order valence-electron chi connectivity index (χ1n) is 2.60. The molecule has 0 bridgehead atoms. The highest BCUT2D eigenvalue weighted by atomic mass is 32.2. The van der Waals surface area contributed by atoms with Crippen LogP contribution < -0.4 is 5.73 Å². The third-order valence-electron chi connectivity index (χ3n) is 1.38. The van der Waals surface area contributed by atoms with Crippen LogP contribution in [0.2, 0.25) is 0 Å². The van der Waals surface area contributed by atoms with Gasteiger partial charge in [0, 0.05) is 0 Å². The molecule has 0 aliphatic carbocycles. The minimum Gasteiger partial charge on any atom is -0.377 e. The van der Waals surface area contributed by atoms with Gasteiger partial charge in [-0.05, 0) is 13.8 Å². The molecule has 4 N–H and O–H groups in total. The molecule has 0 aromatic carbocycles. The molecule has 10 heavy (non-hydrogen) atoms. The van der Waals surface area contributed by atoms with Crippen LogP contribution in [0.25, 0.3) is 0 Å². The smallest absolute Gasteiger partial charge is 0.274 e. The summed E-state index contributed by atoms with van der Waals surface area (Å²) < 4.78 is 27.6.